The summed E-state index contributed by atoms with van der Waals surface area (Å²) in [6.07, 6.45) is 1.73. The largest absolute Gasteiger partial charge is 0.326 e. The minimum absolute atomic E-state index is 0.134. The van der Waals surface area contributed by atoms with Crippen molar-refractivity contribution in [2.75, 3.05) is 5.32 Å². The molecule has 1 N–H and O–H groups in total. The summed E-state index contributed by atoms with van der Waals surface area (Å²) in [6.45, 7) is 3.74. The second-order valence-electron chi connectivity index (χ2n) is 6.20. The fourth-order valence-electron chi connectivity index (χ4n) is 3.13. The topological polar surface area (TPSA) is 81.8 Å². The molecule has 4 rings (SSSR count). The van der Waals surface area contributed by atoms with Gasteiger partial charge in [-0.1, -0.05) is 12.1 Å². The first-order valence-electron chi connectivity index (χ1n) is 8.12. The Bertz CT molecular complexity index is 1220. The van der Waals surface area contributed by atoms with Crippen molar-refractivity contribution < 1.29 is 4.79 Å². The number of thiazole rings is 1. The highest BCUT2D eigenvalue weighted by Gasteiger charge is 2.17. The Hall–Kier alpha value is -3.00. The van der Waals surface area contributed by atoms with Crippen LogP contribution in [-0.4, -0.2) is 25.2 Å². The number of carbonyl (C=O) groups excluding carboxylic acids is 1. The molecule has 3 heterocycles. The van der Waals surface area contributed by atoms with E-state index < -0.39 is 0 Å². The predicted octanol–water partition coefficient (Wildman–Crippen LogP) is 2.66. The van der Waals surface area contributed by atoms with E-state index in [-0.39, 0.29) is 11.5 Å². The number of fused-ring (bicyclic) bond motifs is 3. The van der Waals surface area contributed by atoms with E-state index in [0.29, 0.717) is 17.7 Å². The smallest absolute Gasteiger partial charge is 0.291 e. The lowest BCUT2D eigenvalue weighted by Gasteiger charge is -2.08. The molecule has 0 aliphatic heterocycles. The van der Waals surface area contributed by atoms with E-state index in [9.17, 15) is 9.59 Å². The Morgan fingerprint density at radius 3 is 2.92 bits per heavy atom. The maximum atomic E-state index is 13.0. The summed E-state index contributed by atoms with van der Waals surface area (Å²) < 4.78 is 4.26. The fraction of sp³-hybridized carbons (Fsp3) is 0.222. The van der Waals surface area contributed by atoms with Gasteiger partial charge in [-0.05, 0) is 24.6 Å². The van der Waals surface area contributed by atoms with Crippen LogP contribution in [-0.2, 0) is 18.4 Å². The van der Waals surface area contributed by atoms with Gasteiger partial charge in [0.05, 0.1) is 22.4 Å². The molecule has 0 spiro atoms. The standard InChI is InChI=1S/C18H17N5O2S/c1-10(24)20-13-6-4-5-12(7-13)9-23-18(25)15-14(8-19-23)16-17(22(15)3)21-11(2)26-16/h4-8H,9H2,1-3H3,(H,20,24). The van der Waals surface area contributed by atoms with Crippen molar-refractivity contribution in [3.63, 3.8) is 0 Å². The molecule has 1 amide bonds. The zero-order chi connectivity index (χ0) is 18.4. The van der Waals surface area contributed by atoms with Gasteiger partial charge in [-0.2, -0.15) is 5.10 Å². The molecule has 0 unspecified atom stereocenters. The predicted molar refractivity (Wildman–Crippen MR) is 103 cm³/mol. The summed E-state index contributed by atoms with van der Waals surface area (Å²) >= 11 is 1.57. The highest BCUT2D eigenvalue weighted by atomic mass is 32.1. The number of nitrogens with one attached hydrogen (secondary N) is 1. The molecule has 0 fully saturated rings. The van der Waals surface area contributed by atoms with Gasteiger partial charge in [0, 0.05) is 25.0 Å². The first-order chi connectivity index (χ1) is 12.4. The molecule has 0 aliphatic carbocycles. The zero-order valence-corrected chi connectivity index (χ0v) is 15.4. The second-order valence-corrected chi connectivity index (χ2v) is 7.40. The number of hydrogen-bond acceptors (Lipinski definition) is 5. The Labute approximate surface area is 152 Å². The van der Waals surface area contributed by atoms with Gasteiger partial charge in [-0.15, -0.1) is 11.3 Å². The molecular weight excluding hydrogens is 350 g/mol. The van der Waals surface area contributed by atoms with E-state index in [1.807, 2.05) is 42.8 Å². The average molecular weight is 367 g/mol. The molecule has 0 radical (unpaired) electrons. The van der Waals surface area contributed by atoms with E-state index >= 15 is 0 Å². The molecule has 0 aliphatic rings. The van der Waals surface area contributed by atoms with Crippen LogP contribution in [0.2, 0.25) is 0 Å². The molecule has 3 aromatic heterocycles. The van der Waals surface area contributed by atoms with E-state index in [4.69, 9.17) is 0 Å². The van der Waals surface area contributed by atoms with Crippen LogP contribution in [0.15, 0.2) is 35.3 Å². The minimum atomic E-state index is -0.155. The van der Waals surface area contributed by atoms with Crippen LogP contribution in [0, 0.1) is 6.92 Å². The summed E-state index contributed by atoms with van der Waals surface area (Å²) in [5, 5.41) is 8.89. The Balaban J connectivity index is 1.78. The van der Waals surface area contributed by atoms with Crippen LogP contribution < -0.4 is 10.9 Å². The van der Waals surface area contributed by atoms with Crippen molar-refractivity contribution in [1.29, 1.82) is 0 Å². The molecule has 8 heteroatoms. The lowest BCUT2D eigenvalue weighted by atomic mass is 10.2. The summed E-state index contributed by atoms with van der Waals surface area (Å²) in [6, 6.07) is 7.39. The molecule has 26 heavy (non-hydrogen) atoms. The van der Waals surface area contributed by atoms with Crippen LogP contribution in [0.4, 0.5) is 5.69 Å². The molecule has 0 bridgehead atoms. The van der Waals surface area contributed by atoms with Gasteiger partial charge in [0.15, 0.2) is 5.65 Å². The average Bonchev–Trinajstić information content (AvgIpc) is 3.07. The molecule has 1 aromatic carbocycles. The van der Waals surface area contributed by atoms with Crippen molar-refractivity contribution in [3.05, 3.63) is 51.4 Å². The van der Waals surface area contributed by atoms with Crippen molar-refractivity contribution in [2.45, 2.75) is 20.4 Å². The molecule has 7 nitrogen and oxygen atoms in total. The Morgan fingerprint density at radius 2 is 2.15 bits per heavy atom. The number of amides is 1. The van der Waals surface area contributed by atoms with Crippen molar-refractivity contribution >= 4 is 44.2 Å². The SMILES string of the molecule is CC(=O)Nc1cccc(Cn2ncc3c4sc(C)nc4n(C)c3c2=O)c1. The lowest BCUT2D eigenvalue weighted by Crippen LogP contribution is -2.24. The quantitative estimate of drug-likeness (QED) is 0.603. The third-order valence-electron chi connectivity index (χ3n) is 4.21. The van der Waals surface area contributed by atoms with E-state index in [1.54, 1.807) is 17.5 Å². The highest BCUT2D eigenvalue weighted by molar-refractivity contribution is 7.19. The number of aryl methyl sites for hydroxylation is 2. The number of rotatable bonds is 3. The number of hydrogen-bond donors (Lipinski definition) is 1. The summed E-state index contributed by atoms with van der Waals surface area (Å²) in [4.78, 5) is 28.7. The van der Waals surface area contributed by atoms with Crippen molar-refractivity contribution in [1.82, 2.24) is 19.3 Å². The molecule has 4 aromatic rings. The van der Waals surface area contributed by atoms with Gasteiger partial charge in [-0.25, -0.2) is 9.67 Å². The molecular formula is C18H17N5O2S. The lowest BCUT2D eigenvalue weighted by molar-refractivity contribution is -0.114. The van der Waals surface area contributed by atoms with Gasteiger partial charge >= 0.3 is 0 Å². The first-order valence-corrected chi connectivity index (χ1v) is 8.94. The van der Waals surface area contributed by atoms with Crippen LogP contribution in [0.25, 0.3) is 21.3 Å². The van der Waals surface area contributed by atoms with Gasteiger partial charge in [-0.3, -0.25) is 9.59 Å². The molecule has 0 atom stereocenters. The van der Waals surface area contributed by atoms with Gasteiger partial charge in [0.1, 0.15) is 5.52 Å². The van der Waals surface area contributed by atoms with Crippen LogP contribution in [0.3, 0.4) is 0 Å². The highest BCUT2D eigenvalue weighted by Crippen LogP contribution is 2.30. The number of benzene rings is 1. The first kappa shape index (κ1) is 16.5. The second kappa shape index (κ2) is 6.06. The number of carbonyl (C=O) groups is 1. The third-order valence-corrected chi connectivity index (χ3v) is 5.21. The number of aromatic nitrogens is 4. The van der Waals surface area contributed by atoms with Gasteiger partial charge in [0.2, 0.25) is 5.91 Å². The summed E-state index contributed by atoms with van der Waals surface area (Å²) in [5.41, 5.74) is 2.84. The van der Waals surface area contributed by atoms with Crippen LogP contribution in [0.5, 0.6) is 0 Å². The van der Waals surface area contributed by atoms with Crippen LogP contribution >= 0.6 is 11.3 Å². The minimum Gasteiger partial charge on any atom is -0.326 e. The van der Waals surface area contributed by atoms with Gasteiger partial charge in [0.25, 0.3) is 5.56 Å². The van der Waals surface area contributed by atoms with Crippen molar-refractivity contribution in [2.24, 2.45) is 7.05 Å². The summed E-state index contributed by atoms with van der Waals surface area (Å²) in [7, 11) is 1.85. The Morgan fingerprint density at radius 1 is 1.35 bits per heavy atom. The number of nitrogens with zero attached hydrogens (tertiary/aromatic N) is 4. The maximum Gasteiger partial charge on any atom is 0.291 e. The number of anilines is 1. The molecule has 0 saturated carbocycles. The third kappa shape index (κ3) is 2.68. The monoisotopic (exact) mass is 367 g/mol. The van der Waals surface area contributed by atoms with Gasteiger partial charge < -0.3 is 9.88 Å². The maximum absolute atomic E-state index is 13.0. The summed E-state index contributed by atoms with van der Waals surface area (Å²) in [5.74, 6) is -0.134. The molecule has 132 valence electrons. The van der Waals surface area contributed by atoms with Crippen molar-refractivity contribution in [3.8, 4) is 0 Å². The van der Waals surface area contributed by atoms with E-state index in [0.717, 1.165) is 26.3 Å². The zero-order valence-electron chi connectivity index (χ0n) is 14.6. The molecule has 0 saturated heterocycles. The van der Waals surface area contributed by atoms with E-state index in [2.05, 4.69) is 15.4 Å². The fourth-order valence-corrected chi connectivity index (χ4v) is 4.09. The van der Waals surface area contributed by atoms with E-state index in [1.165, 1.54) is 11.6 Å². The van der Waals surface area contributed by atoms with Crippen LogP contribution in [0.1, 0.15) is 17.5 Å². The normalized spacial score (nSPS) is 11.3. The Kier molecular flexibility index (Phi) is 3.84.